The van der Waals surface area contributed by atoms with E-state index >= 15 is 0 Å². The number of halogens is 36. The lowest BCUT2D eigenvalue weighted by atomic mass is 10.0. The van der Waals surface area contributed by atoms with Gasteiger partial charge in [-0.2, -0.15) is 178 Å². The molecule has 48 heteroatoms. The first-order valence-electron chi connectivity index (χ1n) is 18.6. The van der Waals surface area contributed by atoms with Crippen LogP contribution >= 0.6 is 0 Å². The van der Waals surface area contributed by atoms with Crippen LogP contribution in [-0.4, -0.2) is 178 Å². The van der Waals surface area contributed by atoms with Crippen LogP contribution in [0.5, 0.6) is 24.0 Å². The van der Waals surface area contributed by atoms with Crippen LogP contribution in [0.4, 0.5) is 170 Å². The van der Waals surface area contributed by atoms with Gasteiger partial charge in [-0.25, -0.2) is 0 Å². The quantitative estimate of drug-likeness (QED) is 0.104. The van der Waals surface area contributed by atoms with Crippen molar-refractivity contribution >= 4 is 11.9 Å². The number of hydrogen-bond donors (Lipinski definition) is 0. The molecule has 0 radical (unpaired) electrons. The monoisotopic (exact) mass is 1240 g/mol. The van der Waals surface area contributed by atoms with Crippen LogP contribution in [0, 0.1) is 0 Å². The number of piperazine rings is 1. The van der Waals surface area contributed by atoms with Crippen molar-refractivity contribution in [2.75, 3.05) is 62.4 Å². The van der Waals surface area contributed by atoms with Gasteiger partial charge in [0.05, 0.1) is 0 Å². The highest BCUT2D eigenvalue weighted by molar-refractivity contribution is 5.40. The van der Waals surface area contributed by atoms with Gasteiger partial charge in [0.2, 0.25) is 11.9 Å². The Morgan fingerprint density at radius 2 is 0.397 bits per heavy atom. The fourth-order valence-electron chi connectivity index (χ4n) is 4.92. The second-order valence-corrected chi connectivity index (χ2v) is 14.9. The van der Waals surface area contributed by atoms with E-state index < -0.39 is 184 Å². The minimum absolute atomic E-state index is 0.288. The standard InChI is InChI=1S/C30H16F36N8O4/c31-15(32,19(39,40)23(47,48)27(55,56)57)5-75-11-67-9(68-12(71-11)76-6-16(33,34)20(41,42)24(49,50)28(58,59)60)73-1-2-74(4-3-73)10-69-13(77-7-17(35,36)21(43,44)25(51,52)29(61,62)63)72-14(70-10)78-8-18(37,38)22(45,46)26(53,54)30(64,65)66/h1-8H2. The molecule has 1 aliphatic rings. The van der Waals surface area contributed by atoms with Gasteiger partial charge < -0.3 is 28.7 Å². The van der Waals surface area contributed by atoms with Crippen molar-refractivity contribution in [1.82, 2.24) is 29.9 Å². The fourth-order valence-corrected chi connectivity index (χ4v) is 4.92. The molecular formula is C30H16F36N8O4. The molecule has 0 aliphatic carbocycles. The maximum absolute atomic E-state index is 14.2. The Bertz CT molecular complexity index is 2090. The number of nitrogens with zero attached hydrogens (tertiary/aromatic N) is 8. The Morgan fingerprint density at radius 1 is 0.244 bits per heavy atom. The first-order valence-corrected chi connectivity index (χ1v) is 18.6. The van der Waals surface area contributed by atoms with Gasteiger partial charge >= 0.3 is 120 Å². The second kappa shape index (κ2) is 20.1. The summed E-state index contributed by atoms with van der Waals surface area (Å²) in [4.78, 5) is 17.4. The number of alkyl halides is 36. The predicted octanol–water partition coefficient (Wildman–Crippen LogP) is 10.8. The molecule has 0 aromatic carbocycles. The fraction of sp³-hybridized carbons (Fsp3) is 0.800. The van der Waals surface area contributed by atoms with Gasteiger partial charge in [-0.3, -0.25) is 0 Å². The predicted molar refractivity (Wildman–Crippen MR) is 170 cm³/mol. The third kappa shape index (κ3) is 11.9. The first kappa shape index (κ1) is 66.6. The number of rotatable bonds is 22. The molecular weight excluding hydrogens is 1220 g/mol. The average Bonchev–Trinajstić information content (AvgIpc) is 3.27. The van der Waals surface area contributed by atoms with Gasteiger partial charge in [0.25, 0.3) is 0 Å². The van der Waals surface area contributed by atoms with E-state index in [1.165, 1.54) is 0 Å². The smallest absolute Gasteiger partial charge is 0.457 e. The molecule has 0 spiro atoms. The van der Waals surface area contributed by atoms with Crippen molar-refractivity contribution in [1.29, 1.82) is 0 Å². The van der Waals surface area contributed by atoms with E-state index in [0.717, 1.165) is 0 Å². The molecule has 3 heterocycles. The summed E-state index contributed by atoms with van der Waals surface area (Å²) in [5.74, 6) is -91.2. The lowest BCUT2D eigenvalue weighted by molar-refractivity contribution is -0.398. The summed E-state index contributed by atoms with van der Waals surface area (Å²) >= 11 is 0. The topological polar surface area (TPSA) is 121 Å². The van der Waals surface area contributed by atoms with E-state index in [4.69, 9.17) is 0 Å². The lowest BCUT2D eigenvalue weighted by Crippen LogP contribution is -2.62. The maximum Gasteiger partial charge on any atom is 0.460 e. The van der Waals surface area contributed by atoms with Crippen LogP contribution in [0.15, 0.2) is 0 Å². The maximum atomic E-state index is 14.2. The minimum Gasteiger partial charge on any atom is -0.457 e. The summed E-state index contributed by atoms with van der Waals surface area (Å²) in [5, 5.41) is 0. The zero-order valence-corrected chi connectivity index (χ0v) is 35.5. The van der Waals surface area contributed by atoms with Gasteiger partial charge in [-0.05, 0) is 0 Å². The Hall–Kier alpha value is -5.70. The molecule has 78 heavy (non-hydrogen) atoms. The summed E-state index contributed by atoms with van der Waals surface area (Å²) in [7, 11) is 0. The first-order chi connectivity index (χ1) is 34.2. The molecule has 12 nitrogen and oxygen atoms in total. The highest BCUT2D eigenvalue weighted by atomic mass is 19.5. The van der Waals surface area contributed by atoms with Crippen LogP contribution in [-0.2, 0) is 0 Å². The zero-order chi connectivity index (χ0) is 61.3. The van der Waals surface area contributed by atoms with Crippen molar-refractivity contribution in [2.24, 2.45) is 0 Å². The molecule has 452 valence electrons. The summed E-state index contributed by atoms with van der Waals surface area (Å²) < 4.78 is 498. The van der Waals surface area contributed by atoms with E-state index in [9.17, 15) is 158 Å². The SMILES string of the molecule is FC(F)(F)C(F)(F)C(F)(F)C(F)(F)COc1nc(OCC(F)(F)C(F)(F)C(F)(F)C(F)(F)F)nc(N2CCN(c3nc(OCC(F)(F)C(F)(F)C(F)(F)C(F)(F)F)nc(OCC(F)(F)C(F)(F)C(F)(F)C(F)(F)F)n3)CC2)n1. The van der Waals surface area contributed by atoms with E-state index in [0.29, 0.717) is 0 Å². The molecule has 0 atom stereocenters. The molecule has 1 fully saturated rings. The van der Waals surface area contributed by atoms with E-state index in [1.807, 2.05) is 0 Å². The molecule has 0 N–H and O–H groups in total. The number of hydrogen-bond acceptors (Lipinski definition) is 12. The molecule has 3 rings (SSSR count). The highest BCUT2D eigenvalue weighted by Gasteiger charge is 2.85. The molecule has 1 saturated heterocycles. The normalized spacial score (nSPS) is 16.4. The summed E-state index contributed by atoms with van der Waals surface area (Å²) in [6.07, 6.45) is -30.0. The highest BCUT2D eigenvalue weighted by Crippen LogP contribution is 2.57. The molecule has 2 aromatic heterocycles. The van der Waals surface area contributed by atoms with Crippen LogP contribution in [0.25, 0.3) is 0 Å². The molecule has 0 saturated carbocycles. The molecule has 0 amide bonds. The van der Waals surface area contributed by atoms with Crippen LogP contribution < -0.4 is 28.7 Å². The third-order valence-corrected chi connectivity index (χ3v) is 9.38. The Labute approximate surface area is 401 Å². The zero-order valence-electron chi connectivity index (χ0n) is 35.5. The minimum atomic E-state index is -7.67. The van der Waals surface area contributed by atoms with Gasteiger partial charge in [-0.15, -0.1) is 9.97 Å². The number of aromatic nitrogens is 6. The van der Waals surface area contributed by atoms with Crippen molar-refractivity contribution in [2.45, 2.75) is 95.8 Å². The van der Waals surface area contributed by atoms with Crippen LogP contribution in [0.2, 0.25) is 0 Å². The van der Waals surface area contributed by atoms with Gasteiger partial charge in [0.1, 0.15) is 0 Å². The Morgan fingerprint density at radius 3 is 0.538 bits per heavy atom. The van der Waals surface area contributed by atoms with Gasteiger partial charge in [0.15, 0.2) is 26.4 Å². The van der Waals surface area contributed by atoms with E-state index in [-0.39, 0.29) is 9.80 Å². The van der Waals surface area contributed by atoms with Crippen molar-refractivity contribution < 1.29 is 177 Å². The molecule has 0 unspecified atom stereocenters. The van der Waals surface area contributed by atoms with E-state index in [1.54, 1.807) is 0 Å². The van der Waals surface area contributed by atoms with Crippen LogP contribution in [0.1, 0.15) is 0 Å². The van der Waals surface area contributed by atoms with Crippen molar-refractivity contribution in [3.63, 3.8) is 0 Å². The van der Waals surface area contributed by atoms with Gasteiger partial charge in [-0.1, -0.05) is 0 Å². The Balaban J connectivity index is 2.11. The summed E-state index contributed by atoms with van der Waals surface area (Å²) in [6, 6.07) is -9.15. The molecule has 1 aliphatic heterocycles. The third-order valence-electron chi connectivity index (χ3n) is 9.38. The summed E-state index contributed by atoms with van der Waals surface area (Å²) in [5.41, 5.74) is 0. The molecule has 2 aromatic rings. The van der Waals surface area contributed by atoms with E-state index in [2.05, 4.69) is 48.9 Å². The average molecular weight is 1240 g/mol. The van der Waals surface area contributed by atoms with Gasteiger partial charge in [0, 0.05) is 26.2 Å². The molecule has 0 bridgehead atoms. The largest absolute Gasteiger partial charge is 0.460 e. The Kier molecular flexibility index (Phi) is 17.2. The lowest BCUT2D eigenvalue weighted by Gasteiger charge is -2.35. The summed E-state index contributed by atoms with van der Waals surface area (Å²) in [6.45, 7) is -18.8. The van der Waals surface area contributed by atoms with Crippen LogP contribution in [0.3, 0.4) is 0 Å². The van der Waals surface area contributed by atoms with Crippen molar-refractivity contribution in [3.05, 3.63) is 0 Å². The second-order valence-electron chi connectivity index (χ2n) is 14.9. The number of anilines is 2. The number of ether oxygens (including phenoxy) is 4. The van der Waals surface area contributed by atoms with Crippen molar-refractivity contribution in [3.8, 4) is 24.0 Å².